The highest BCUT2D eigenvalue weighted by molar-refractivity contribution is 6.02. The van der Waals surface area contributed by atoms with Crippen LogP contribution >= 0.6 is 0 Å². The van der Waals surface area contributed by atoms with Gasteiger partial charge in [0.05, 0.1) is 25.0 Å². The minimum Gasteiger partial charge on any atom is -0.459 e. The maximum Gasteiger partial charge on any atom is 0.291 e. The van der Waals surface area contributed by atoms with Crippen molar-refractivity contribution in [3.05, 3.63) is 84.1 Å². The third kappa shape index (κ3) is 5.70. The van der Waals surface area contributed by atoms with E-state index in [0.717, 1.165) is 23.8 Å². The minimum atomic E-state index is -0.274. The van der Waals surface area contributed by atoms with Gasteiger partial charge in [-0.05, 0) is 48.9 Å². The fraction of sp³-hybridized carbons (Fsp3) is 0.190. The summed E-state index contributed by atoms with van der Waals surface area (Å²) in [4.78, 5) is 20.9. The standard InChI is InChI=1S/C21H23N5O2/c1-2-22-21(25-15-18-6-3-4-12-23-18)24-14-16-8-10-17(11-9-16)26-20(27)19-7-5-13-28-19/h3-13H,2,14-15H2,1H3,(H,26,27)(H2,22,24,25). The first-order valence-corrected chi connectivity index (χ1v) is 9.10. The smallest absolute Gasteiger partial charge is 0.291 e. The summed E-state index contributed by atoms with van der Waals surface area (Å²) in [5.41, 5.74) is 2.69. The van der Waals surface area contributed by atoms with Crippen LogP contribution in [-0.2, 0) is 13.1 Å². The van der Waals surface area contributed by atoms with Gasteiger partial charge in [-0.15, -0.1) is 0 Å². The number of hydrogen-bond donors (Lipinski definition) is 3. The van der Waals surface area contributed by atoms with Crippen molar-refractivity contribution in [2.75, 3.05) is 11.9 Å². The number of pyridine rings is 1. The second kappa shape index (κ2) is 9.91. The first-order chi connectivity index (χ1) is 13.7. The zero-order valence-electron chi connectivity index (χ0n) is 15.7. The number of hydrogen-bond acceptors (Lipinski definition) is 4. The molecule has 0 aliphatic heterocycles. The number of nitrogens with zero attached hydrogens (tertiary/aromatic N) is 2. The summed E-state index contributed by atoms with van der Waals surface area (Å²) < 4.78 is 5.09. The number of guanidine groups is 1. The fourth-order valence-electron chi connectivity index (χ4n) is 2.48. The van der Waals surface area contributed by atoms with Crippen molar-refractivity contribution in [2.24, 2.45) is 4.99 Å². The average Bonchev–Trinajstić information content (AvgIpc) is 3.27. The molecule has 2 aromatic heterocycles. The molecule has 1 amide bonds. The number of carbonyl (C=O) groups excluding carboxylic acids is 1. The Hall–Kier alpha value is -3.61. The Morgan fingerprint density at radius 2 is 1.93 bits per heavy atom. The van der Waals surface area contributed by atoms with Crippen LogP contribution in [-0.4, -0.2) is 23.4 Å². The number of benzene rings is 1. The Morgan fingerprint density at radius 3 is 2.61 bits per heavy atom. The van der Waals surface area contributed by atoms with Crippen molar-refractivity contribution in [2.45, 2.75) is 20.0 Å². The van der Waals surface area contributed by atoms with Crippen molar-refractivity contribution in [3.63, 3.8) is 0 Å². The van der Waals surface area contributed by atoms with Crippen molar-refractivity contribution in [1.29, 1.82) is 0 Å². The van der Waals surface area contributed by atoms with E-state index < -0.39 is 0 Å². The number of aliphatic imine (C=N–C) groups is 1. The predicted molar refractivity (Wildman–Crippen MR) is 109 cm³/mol. The van der Waals surface area contributed by atoms with Crippen molar-refractivity contribution in [3.8, 4) is 0 Å². The van der Waals surface area contributed by atoms with Gasteiger partial charge in [-0.1, -0.05) is 18.2 Å². The van der Waals surface area contributed by atoms with Crippen molar-refractivity contribution < 1.29 is 9.21 Å². The van der Waals surface area contributed by atoms with E-state index in [9.17, 15) is 4.79 Å². The van der Waals surface area contributed by atoms with Crippen LogP contribution in [0.2, 0.25) is 0 Å². The average molecular weight is 377 g/mol. The lowest BCUT2D eigenvalue weighted by atomic mass is 10.2. The molecule has 0 aliphatic carbocycles. The van der Waals surface area contributed by atoms with Crippen LogP contribution in [0.25, 0.3) is 0 Å². The quantitative estimate of drug-likeness (QED) is 0.434. The van der Waals surface area contributed by atoms with Crippen LogP contribution in [0.4, 0.5) is 5.69 Å². The molecular weight excluding hydrogens is 354 g/mol. The summed E-state index contributed by atoms with van der Waals surface area (Å²) >= 11 is 0. The third-order valence-corrected chi connectivity index (χ3v) is 3.88. The Balaban J connectivity index is 1.55. The number of rotatable bonds is 7. The van der Waals surface area contributed by atoms with E-state index in [-0.39, 0.29) is 11.7 Å². The zero-order valence-corrected chi connectivity index (χ0v) is 15.7. The van der Waals surface area contributed by atoms with Gasteiger partial charge in [0.2, 0.25) is 0 Å². The number of furan rings is 1. The molecule has 3 aromatic rings. The summed E-state index contributed by atoms with van der Waals surface area (Å²) in [5, 5.41) is 9.28. The maximum atomic E-state index is 12.0. The Bertz CT molecular complexity index is 890. The summed E-state index contributed by atoms with van der Waals surface area (Å²) in [6, 6.07) is 16.7. The molecule has 0 saturated carbocycles. The number of anilines is 1. The number of amides is 1. The molecule has 0 spiro atoms. The highest BCUT2D eigenvalue weighted by Crippen LogP contribution is 2.12. The lowest BCUT2D eigenvalue weighted by molar-refractivity contribution is 0.0996. The molecule has 3 rings (SSSR count). The summed E-state index contributed by atoms with van der Waals surface area (Å²) in [5.74, 6) is 0.732. The summed E-state index contributed by atoms with van der Waals surface area (Å²) in [6.45, 7) is 3.91. The van der Waals surface area contributed by atoms with E-state index in [0.29, 0.717) is 18.8 Å². The van der Waals surface area contributed by atoms with Gasteiger partial charge in [-0.25, -0.2) is 4.99 Å². The van der Waals surface area contributed by atoms with Gasteiger partial charge >= 0.3 is 0 Å². The van der Waals surface area contributed by atoms with Crippen LogP contribution in [0.15, 0.2) is 76.5 Å². The van der Waals surface area contributed by atoms with Crippen LogP contribution in [0.3, 0.4) is 0 Å². The van der Waals surface area contributed by atoms with Crippen molar-refractivity contribution >= 4 is 17.6 Å². The maximum absolute atomic E-state index is 12.0. The molecule has 7 nitrogen and oxygen atoms in total. The molecule has 0 atom stereocenters. The van der Waals surface area contributed by atoms with Gasteiger partial charge in [0.1, 0.15) is 0 Å². The van der Waals surface area contributed by atoms with Gasteiger partial charge in [-0.3, -0.25) is 9.78 Å². The van der Waals surface area contributed by atoms with E-state index in [2.05, 4.69) is 25.9 Å². The summed E-state index contributed by atoms with van der Waals surface area (Å²) in [7, 11) is 0. The molecule has 0 aliphatic rings. The second-order valence-electron chi connectivity index (χ2n) is 6.00. The van der Waals surface area contributed by atoms with E-state index >= 15 is 0 Å². The molecule has 3 N–H and O–H groups in total. The van der Waals surface area contributed by atoms with E-state index in [1.807, 2.05) is 49.4 Å². The van der Waals surface area contributed by atoms with Crippen LogP contribution in [0, 0.1) is 0 Å². The molecule has 0 fully saturated rings. The number of carbonyl (C=O) groups is 1. The first kappa shape index (κ1) is 19.2. The predicted octanol–water partition coefficient (Wildman–Crippen LogP) is 3.18. The lowest BCUT2D eigenvalue weighted by Crippen LogP contribution is -2.36. The molecule has 2 heterocycles. The highest BCUT2D eigenvalue weighted by Gasteiger charge is 2.08. The lowest BCUT2D eigenvalue weighted by Gasteiger charge is -2.11. The highest BCUT2D eigenvalue weighted by atomic mass is 16.3. The number of nitrogens with one attached hydrogen (secondary N) is 3. The summed E-state index contributed by atoms with van der Waals surface area (Å²) in [6.07, 6.45) is 3.24. The topological polar surface area (TPSA) is 91.5 Å². The molecule has 0 bridgehead atoms. The minimum absolute atomic E-state index is 0.274. The number of aromatic nitrogens is 1. The first-order valence-electron chi connectivity index (χ1n) is 9.10. The molecule has 144 valence electrons. The SMILES string of the molecule is CCNC(=NCc1ccc(NC(=O)c2ccco2)cc1)NCc1ccccn1. The van der Waals surface area contributed by atoms with E-state index in [4.69, 9.17) is 4.42 Å². The Morgan fingerprint density at radius 1 is 1.07 bits per heavy atom. The molecule has 0 saturated heterocycles. The van der Waals surface area contributed by atoms with Crippen LogP contribution in [0.5, 0.6) is 0 Å². The largest absolute Gasteiger partial charge is 0.459 e. The normalized spacial score (nSPS) is 11.1. The monoisotopic (exact) mass is 377 g/mol. The van der Waals surface area contributed by atoms with Gasteiger partial charge in [0.25, 0.3) is 5.91 Å². The Kier molecular flexibility index (Phi) is 6.78. The fourth-order valence-corrected chi connectivity index (χ4v) is 2.48. The van der Waals surface area contributed by atoms with Crippen LogP contribution < -0.4 is 16.0 Å². The third-order valence-electron chi connectivity index (χ3n) is 3.88. The van der Waals surface area contributed by atoms with Crippen molar-refractivity contribution in [1.82, 2.24) is 15.6 Å². The second-order valence-corrected chi connectivity index (χ2v) is 6.00. The van der Waals surface area contributed by atoms with Gasteiger partial charge in [0, 0.05) is 18.4 Å². The van der Waals surface area contributed by atoms with E-state index in [1.54, 1.807) is 18.3 Å². The molecule has 1 aromatic carbocycles. The van der Waals surface area contributed by atoms with Gasteiger partial charge in [0.15, 0.2) is 11.7 Å². The van der Waals surface area contributed by atoms with Crippen LogP contribution in [0.1, 0.15) is 28.7 Å². The molecule has 7 heteroatoms. The molecule has 28 heavy (non-hydrogen) atoms. The van der Waals surface area contributed by atoms with Gasteiger partial charge in [-0.2, -0.15) is 0 Å². The molecular formula is C21H23N5O2. The van der Waals surface area contributed by atoms with E-state index in [1.165, 1.54) is 6.26 Å². The van der Waals surface area contributed by atoms with Gasteiger partial charge < -0.3 is 20.4 Å². The Labute approximate surface area is 163 Å². The molecule has 0 unspecified atom stereocenters. The molecule has 0 radical (unpaired) electrons. The zero-order chi connectivity index (χ0) is 19.6.